The Morgan fingerprint density at radius 3 is 2.13 bits per heavy atom. The van der Waals surface area contributed by atoms with Crippen LogP contribution in [0.25, 0.3) is 0 Å². The standard InChI is InChI=1S/C23H24F3NO4/c1-3-31-20(28)15-14-19(16-17-10-6-4-7-11-17)27-21(29)22(30-2,23(24,25)26)18-12-8-5-9-13-18/h4-15,19H,3,16H2,1-2H3,(H,27,29)/b15-14+/t19-,22+/m1/s1. The molecule has 2 atom stereocenters. The number of nitrogens with one attached hydrogen (secondary N) is 1. The van der Waals surface area contributed by atoms with E-state index in [4.69, 9.17) is 9.47 Å². The number of methoxy groups -OCH3 is 1. The Morgan fingerprint density at radius 2 is 1.61 bits per heavy atom. The fourth-order valence-corrected chi connectivity index (χ4v) is 3.11. The highest BCUT2D eigenvalue weighted by Crippen LogP contribution is 2.42. The maximum Gasteiger partial charge on any atom is 0.430 e. The van der Waals surface area contributed by atoms with E-state index in [9.17, 15) is 22.8 Å². The Hall–Kier alpha value is -3.13. The molecule has 0 saturated heterocycles. The van der Waals surface area contributed by atoms with Crippen molar-refractivity contribution in [2.24, 2.45) is 0 Å². The summed E-state index contributed by atoms with van der Waals surface area (Å²) in [4.78, 5) is 24.7. The molecule has 0 saturated carbocycles. The lowest BCUT2D eigenvalue weighted by molar-refractivity contribution is -0.266. The second-order valence-electron chi connectivity index (χ2n) is 6.63. The number of ether oxygens (including phenoxy) is 2. The molecular weight excluding hydrogens is 411 g/mol. The Labute approximate surface area is 178 Å². The minimum atomic E-state index is -5.03. The van der Waals surface area contributed by atoms with Crippen molar-refractivity contribution in [3.05, 3.63) is 83.9 Å². The number of esters is 1. The van der Waals surface area contributed by atoms with E-state index in [0.717, 1.165) is 18.7 Å². The number of alkyl halides is 3. The molecular formula is C23H24F3NO4. The second-order valence-corrected chi connectivity index (χ2v) is 6.63. The fraction of sp³-hybridized carbons (Fsp3) is 0.304. The van der Waals surface area contributed by atoms with Gasteiger partial charge >= 0.3 is 12.1 Å². The predicted molar refractivity (Wildman–Crippen MR) is 109 cm³/mol. The molecule has 0 aromatic heterocycles. The van der Waals surface area contributed by atoms with Gasteiger partial charge in [-0.25, -0.2) is 4.79 Å². The van der Waals surface area contributed by atoms with Crippen molar-refractivity contribution >= 4 is 11.9 Å². The Bertz CT molecular complexity index is 885. The van der Waals surface area contributed by atoms with Crippen LogP contribution in [0.4, 0.5) is 13.2 Å². The first kappa shape index (κ1) is 24.1. The molecule has 0 spiro atoms. The third kappa shape index (κ3) is 5.95. The van der Waals surface area contributed by atoms with E-state index in [1.165, 1.54) is 30.3 Å². The summed E-state index contributed by atoms with van der Waals surface area (Å²) in [5.74, 6) is -2.05. The van der Waals surface area contributed by atoms with Crippen molar-refractivity contribution < 1.29 is 32.2 Å². The molecule has 2 aromatic carbocycles. The van der Waals surface area contributed by atoms with Gasteiger partial charge in [-0.3, -0.25) is 4.79 Å². The average Bonchev–Trinajstić information content (AvgIpc) is 2.73. The number of hydrogen-bond donors (Lipinski definition) is 1. The van der Waals surface area contributed by atoms with Gasteiger partial charge in [-0.2, -0.15) is 13.2 Å². The maximum atomic E-state index is 14.1. The van der Waals surface area contributed by atoms with Crippen LogP contribution in [0.3, 0.4) is 0 Å². The molecule has 31 heavy (non-hydrogen) atoms. The van der Waals surface area contributed by atoms with Crippen LogP contribution in [-0.4, -0.2) is 37.8 Å². The van der Waals surface area contributed by atoms with Gasteiger partial charge in [-0.1, -0.05) is 66.7 Å². The zero-order valence-corrected chi connectivity index (χ0v) is 17.2. The van der Waals surface area contributed by atoms with Crippen LogP contribution in [-0.2, 0) is 31.1 Å². The summed E-state index contributed by atoms with van der Waals surface area (Å²) in [6.07, 6.45) is -2.48. The van der Waals surface area contributed by atoms with Crippen LogP contribution in [0.2, 0.25) is 0 Å². The number of carbonyl (C=O) groups excluding carboxylic acids is 2. The van der Waals surface area contributed by atoms with Gasteiger partial charge in [0.1, 0.15) is 0 Å². The summed E-state index contributed by atoms with van der Waals surface area (Å²) in [7, 11) is 0.834. The van der Waals surface area contributed by atoms with E-state index in [0.29, 0.717) is 0 Å². The zero-order valence-electron chi connectivity index (χ0n) is 17.2. The predicted octanol–water partition coefficient (Wildman–Crippen LogP) is 3.94. The van der Waals surface area contributed by atoms with Crippen molar-refractivity contribution in [3.8, 4) is 0 Å². The van der Waals surface area contributed by atoms with Gasteiger partial charge in [0.25, 0.3) is 11.5 Å². The third-order valence-electron chi connectivity index (χ3n) is 4.57. The smallest absolute Gasteiger partial charge is 0.430 e. The molecule has 1 amide bonds. The number of hydrogen-bond acceptors (Lipinski definition) is 4. The lowest BCUT2D eigenvalue weighted by Crippen LogP contribution is -2.57. The largest absolute Gasteiger partial charge is 0.463 e. The molecule has 8 heteroatoms. The van der Waals surface area contributed by atoms with Gasteiger partial charge in [0.2, 0.25) is 0 Å². The van der Waals surface area contributed by atoms with E-state index in [-0.39, 0.29) is 18.6 Å². The number of carbonyl (C=O) groups is 2. The molecule has 0 aliphatic carbocycles. The highest BCUT2D eigenvalue weighted by molar-refractivity contribution is 5.88. The molecule has 0 fully saturated rings. The van der Waals surface area contributed by atoms with E-state index in [1.54, 1.807) is 43.3 Å². The van der Waals surface area contributed by atoms with Gasteiger partial charge in [-0.15, -0.1) is 0 Å². The quantitative estimate of drug-likeness (QED) is 0.479. The minimum absolute atomic E-state index is 0.147. The van der Waals surface area contributed by atoms with Crippen LogP contribution >= 0.6 is 0 Å². The minimum Gasteiger partial charge on any atom is -0.463 e. The van der Waals surface area contributed by atoms with Crippen LogP contribution in [0.15, 0.2) is 72.8 Å². The molecule has 0 bridgehead atoms. The van der Waals surface area contributed by atoms with Crippen LogP contribution in [0.5, 0.6) is 0 Å². The second kappa shape index (κ2) is 10.8. The Balaban J connectivity index is 2.39. The van der Waals surface area contributed by atoms with Gasteiger partial charge < -0.3 is 14.8 Å². The van der Waals surface area contributed by atoms with Crippen molar-refractivity contribution in [1.82, 2.24) is 5.32 Å². The topological polar surface area (TPSA) is 64.6 Å². The van der Waals surface area contributed by atoms with Crippen LogP contribution < -0.4 is 5.32 Å². The average molecular weight is 435 g/mol. The fourth-order valence-electron chi connectivity index (χ4n) is 3.11. The molecule has 2 rings (SSSR count). The van der Waals surface area contributed by atoms with Gasteiger partial charge in [-0.05, 0) is 18.9 Å². The van der Waals surface area contributed by atoms with E-state index in [2.05, 4.69) is 5.32 Å². The first-order chi connectivity index (χ1) is 14.7. The van der Waals surface area contributed by atoms with E-state index < -0.39 is 29.7 Å². The first-order valence-corrected chi connectivity index (χ1v) is 9.61. The maximum absolute atomic E-state index is 14.1. The highest BCUT2D eigenvalue weighted by atomic mass is 19.4. The molecule has 0 aliphatic heterocycles. The van der Waals surface area contributed by atoms with Crippen molar-refractivity contribution in [2.45, 2.75) is 31.2 Å². The Morgan fingerprint density at radius 1 is 1.03 bits per heavy atom. The number of rotatable bonds is 9. The van der Waals surface area contributed by atoms with Gasteiger partial charge in [0.05, 0.1) is 12.6 Å². The summed E-state index contributed by atoms with van der Waals surface area (Å²) < 4.78 is 52.0. The summed E-state index contributed by atoms with van der Waals surface area (Å²) in [5, 5.41) is 2.38. The van der Waals surface area contributed by atoms with Gasteiger partial charge in [0, 0.05) is 18.7 Å². The molecule has 0 heterocycles. The summed E-state index contributed by atoms with van der Waals surface area (Å²) in [5.41, 5.74) is -2.80. The summed E-state index contributed by atoms with van der Waals surface area (Å²) >= 11 is 0. The monoisotopic (exact) mass is 435 g/mol. The van der Waals surface area contributed by atoms with Crippen molar-refractivity contribution in [2.75, 3.05) is 13.7 Å². The molecule has 0 aliphatic rings. The number of benzene rings is 2. The van der Waals surface area contributed by atoms with E-state index >= 15 is 0 Å². The molecule has 1 N–H and O–H groups in total. The zero-order chi connectivity index (χ0) is 22.9. The summed E-state index contributed by atoms with van der Waals surface area (Å²) in [6.45, 7) is 1.78. The Kier molecular flexibility index (Phi) is 8.38. The van der Waals surface area contributed by atoms with Crippen molar-refractivity contribution in [1.29, 1.82) is 0 Å². The summed E-state index contributed by atoms with van der Waals surface area (Å²) in [6, 6.07) is 14.6. The molecule has 0 radical (unpaired) electrons. The number of amides is 1. The normalized spacial score (nSPS) is 14.6. The first-order valence-electron chi connectivity index (χ1n) is 9.61. The van der Waals surface area contributed by atoms with E-state index in [1.807, 2.05) is 0 Å². The van der Waals surface area contributed by atoms with Gasteiger partial charge in [0.15, 0.2) is 0 Å². The molecule has 166 valence electrons. The number of halogens is 3. The molecule has 2 aromatic rings. The van der Waals surface area contributed by atoms with Crippen LogP contribution in [0, 0.1) is 0 Å². The third-order valence-corrected chi connectivity index (χ3v) is 4.57. The molecule has 0 unspecified atom stereocenters. The lowest BCUT2D eigenvalue weighted by Gasteiger charge is -2.34. The SMILES string of the molecule is CCOC(=O)/C=C/[C@H](Cc1ccccc1)NC(=O)[C@@](OC)(c1ccccc1)C(F)(F)F. The molecule has 5 nitrogen and oxygen atoms in total. The lowest BCUT2D eigenvalue weighted by atomic mass is 9.91. The highest BCUT2D eigenvalue weighted by Gasteiger charge is 2.62. The van der Waals surface area contributed by atoms with Crippen LogP contribution in [0.1, 0.15) is 18.1 Å². The van der Waals surface area contributed by atoms with Crippen molar-refractivity contribution in [3.63, 3.8) is 0 Å².